The molecule has 3 nitrogen and oxygen atoms in total. The molecule has 1 aliphatic rings. The monoisotopic (exact) mass is 282 g/mol. The van der Waals surface area contributed by atoms with Crippen LogP contribution >= 0.6 is 12.2 Å². The number of phenols is 1. The third-order valence-electron chi connectivity index (χ3n) is 3.25. The van der Waals surface area contributed by atoms with E-state index in [4.69, 9.17) is 12.2 Å². The average Bonchev–Trinajstić information content (AvgIpc) is 2.82. The van der Waals surface area contributed by atoms with E-state index in [0.717, 1.165) is 16.4 Å². The van der Waals surface area contributed by atoms with E-state index in [1.807, 2.05) is 35.2 Å². The fourth-order valence-corrected chi connectivity index (χ4v) is 2.47. The highest BCUT2D eigenvalue weighted by Crippen LogP contribution is 2.23. The van der Waals surface area contributed by atoms with E-state index < -0.39 is 0 Å². The van der Waals surface area contributed by atoms with Gasteiger partial charge in [-0.1, -0.05) is 54.7 Å². The molecule has 0 saturated heterocycles. The number of rotatable bonds is 3. The molecule has 0 bridgehead atoms. The lowest BCUT2D eigenvalue weighted by atomic mass is 10.1. The number of aromatic hydroxyl groups is 1. The minimum Gasteiger partial charge on any atom is -0.507 e. The fourth-order valence-electron chi connectivity index (χ4n) is 2.25. The lowest BCUT2D eigenvalue weighted by molar-refractivity contribution is 0.472. The molecule has 3 rings (SSSR count). The molecule has 0 radical (unpaired) electrons. The molecule has 0 unspecified atom stereocenters. The Hall–Kier alpha value is -2.20. The first-order valence-corrected chi connectivity index (χ1v) is 6.83. The summed E-state index contributed by atoms with van der Waals surface area (Å²) in [5.41, 5.74) is 1.89. The molecule has 2 aromatic carbocycles. The summed E-state index contributed by atoms with van der Waals surface area (Å²) in [6, 6.07) is 17.3. The summed E-state index contributed by atoms with van der Waals surface area (Å²) in [4.78, 5) is 7.24. The predicted molar refractivity (Wildman–Crippen MR) is 84.1 cm³/mol. The first-order chi connectivity index (χ1) is 9.75. The molecule has 100 valence electrons. The Bertz CT molecular complexity index is 667. The topological polar surface area (TPSA) is 35.8 Å². The normalized spacial score (nSPS) is 14.5. The predicted octanol–water partition coefficient (Wildman–Crippen LogP) is 2.98. The molecule has 2 aromatic rings. The van der Waals surface area contributed by atoms with Gasteiger partial charge in [0.05, 0.1) is 18.7 Å². The number of hydrogen-bond donors (Lipinski definition) is 1. The van der Waals surface area contributed by atoms with Gasteiger partial charge in [-0.2, -0.15) is 0 Å². The van der Waals surface area contributed by atoms with Crippen LogP contribution in [-0.2, 0) is 6.54 Å². The maximum Gasteiger partial charge on any atom is 0.140 e. The molecule has 1 aliphatic heterocycles. The molecule has 1 N–H and O–H groups in total. The van der Waals surface area contributed by atoms with E-state index in [1.165, 1.54) is 5.56 Å². The Balaban J connectivity index is 1.91. The zero-order valence-electron chi connectivity index (χ0n) is 10.9. The zero-order chi connectivity index (χ0) is 13.9. The van der Waals surface area contributed by atoms with E-state index in [1.54, 1.807) is 12.1 Å². The van der Waals surface area contributed by atoms with Crippen LogP contribution in [0.3, 0.4) is 0 Å². The maximum atomic E-state index is 9.99. The van der Waals surface area contributed by atoms with Gasteiger partial charge >= 0.3 is 0 Å². The van der Waals surface area contributed by atoms with Crippen molar-refractivity contribution in [3.63, 3.8) is 0 Å². The third-order valence-corrected chi connectivity index (χ3v) is 3.60. The molecule has 4 heteroatoms. The number of benzene rings is 2. The summed E-state index contributed by atoms with van der Waals surface area (Å²) in [6.07, 6.45) is 0. The first-order valence-electron chi connectivity index (χ1n) is 6.43. The van der Waals surface area contributed by atoms with Crippen molar-refractivity contribution in [2.24, 2.45) is 4.99 Å². The molecule has 0 atom stereocenters. The number of para-hydroxylation sites is 1. The van der Waals surface area contributed by atoms with E-state index in [0.29, 0.717) is 13.1 Å². The van der Waals surface area contributed by atoms with Gasteiger partial charge in [-0.15, -0.1) is 0 Å². The number of amidine groups is 1. The number of nitrogens with zero attached hydrogens (tertiary/aromatic N) is 2. The van der Waals surface area contributed by atoms with Crippen LogP contribution in [0, 0.1) is 0 Å². The van der Waals surface area contributed by atoms with Gasteiger partial charge in [-0.3, -0.25) is 4.99 Å². The van der Waals surface area contributed by atoms with Gasteiger partial charge in [0.1, 0.15) is 16.6 Å². The van der Waals surface area contributed by atoms with E-state index in [9.17, 15) is 5.11 Å². The van der Waals surface area contributed by atoms with Crippen LogP contribution in [0.15, 0.2) is 59.6 Å². The van der Waals surface area contributed by atoms with E-state index in [2.05, 4.69) is 17.1 Å². The Morgan fingerprint density at radius 2 is 1.75 bits per heavy atom. The molecule has 0 aliphatic carbocycles. The second-order valence-corrected chi connectivity index (χ2v) is 5.09. The summed E-state index contributed by atoms with van der Waals surface area (Å²) in [7, 11) is 0. The quantitative estimate of drug-likeness (QED) is 0.879. The molecule has 1 heterocycles. The Morgan fingerprint density at radius 1 is 1.05 bits per heavy atom. The van der Waals surface area contributed by atoms with Gasteiger partial charge in [-0.25, -0.2) is 0 Å². The van der Waals surface area contributed by atoms with Gasteiger partial charge in [0.15, 0.2) is 0 Å². The largest absolute Gasteiger partial charge is 0.507 e. The lowest BCUT2D eigenvalue weighted by Gasteiger charge is -2.21. The Labute approximate surface area is 123 Å². The van der Waals surface area contributed by atoms with E-state index >= 15 is 0 Å². The van der Waals surface area contributed by atoms with Gasteiger partial charge in [0, 0.05) is 0 Å². The van der Waals surface area contributed by atoms with Gasteiger partial charge in [0.2, 0.25) is 0 Å². The van der Waals surface area contributed by atoms with Crippen molar-refractivity contribution in [1.29, 1.82) is 0 Å². The zero-order valence-corrected chi connectivity index (χ0v) is 11.7. The van der Waals surface area contributed by atoms with Crippen molar-refractivity contribution in [3.8, 4) is 5.75 Å². The minimum atomic E-state index is 0.231. The van der Waals surface area contributed by atoms with Crippen LogP contribution in [-0.4, -0.2) is 27.4 Å². The first kappa shape index (κ1) is 12.8. The molecule has 0 spiro atoms. The van der Waals surface area contributed by atoms with Gasteiger partial charge in [0.25, 0.3) is 0 Å². The highest BCUT2D eigenvalue weighted by molar-refractivity contribution is 7.80. The van der Waals surface area contributed by atoms with Crippen LogP contribution in [0.25, 0.3) is 0 Å². The maximum absolute atomic E-state index is 9.99. The van der Waals surface area contributed by atoms with Crippen LogP contribution in [0.5, 0.6) is 5.75 Å². The van der Waals surface area contributed by atoms with Crippen LogP contribution < -0.4 is 0 Å². The van der Waals surface area contributed by atoms with Crippen molar-refractivity contribution < 1.29 is 5.11 Å². The van der Waals surface area contributed by atoms with E-state index in [-0.39, 0.29) is 5.75 Å². The molecule has 0 fully saturated rings. The third kappa shape index (κ3) is 2.42. The SMILES string of the molecule is Oc1ccccc1C1=NCC(=S)N1Cc1ccccc1. The molecule has 0 saturated carbocycles. The highest BCUT2D eigenvalue weighted by Gasteiger charge is 2.25. The number of phenolic OH excluding ortho intramolecular Hbond substituents is 1. The van der Waals surface area contributed by atoms with Crippen LogP contribution in [0.1, 0.15) is 11.1 Å². The summed E-state index contributed by atoms with van der Waals surface area (Å²) in [5.74, 6) is 0.978. The molecular weight excluding hydrogens is 268 g/mol. The Kier molecular flexibility index (Phi) is 3.48. The highest BCUT2D eigenvalue weighted by atomic mass is 32.1. The summed E-state index contributed by atoms with van der Waals surface area (Å²) in [5, 5.41) is 9.99. The second-order valence-electron chi connectivity index (χ2n) is 4.62. The van der Waals surface area contributed by atoms with Crippen molar-refractivity contribution >= 4 is 23.0 Å². The summed E-state index contributed by atoms with van der Waals surface area (Å²) < 4.78 is 0. The van der Waals surface area contributed by atoms with Gasteiger partial charge < -0.3 is 10.0 Å². The van der Waals surface area contributed by atoms with Crippen LogP contribution in [0.4, 0.5) is 0 Å². The lowest BCUT2D eigenvalue weighted by Crippen LogP contribution is -2.31. The van der Waals surface area contributed by atoms with Crippen molar-refractivity contribution in [1.82, 2.24) is 4.90 Å². The summed E-state index contributed by atoms with van der Waals surface area (Å²) >= 11 is 5.39. The molecule has 20 heavy (non-hydrogen) atoms. The molecule has 0 amide bonds. The van der Waals surface area contributed by atoms with Crippen LogP contribution in [0.2, 0.25) is 0 Å². The fraction of sp³-hybridized carbons (Fsp3) is 0.125. The number of thiocarbonyl (C=S) groups is 1. The molecular formula is C16H14N2OS. The smallest absolute Gasteiger partial charge is 0.140 e. The number of hydrogen-bond acceptors (Lipinski definition) is 3. The average molecular weight is 282 g/mol. The van der Waals surface area contributed by atoms with Crippen molar-refractivity contribution in [2.75, 3.05) is 6.54 Å². The minimum absolute atomic E-state index is 0.231. The Morgan fingerprint density at radius 3 is 2.50 bits per heavy atom. The van der Waals surface area contributed by atoms with Gasteiger partial charge in [-0.05, 0) is 17.7 Å². The second kappa shape index (κ2) is 5.43. The standard InChI is InChI=1S/C16H14N2OS/c19-14-9-5-4-8-13(14)16-17-10-15(20)18(16)11-12-6-2-1-3-7-12/h1-9,19H,10-11H2. The summed E-state index contributed by atoms with van der Waals surface area (Å²) in [6.45, 7) is 1.18. The molecule has 0 aromatic heterocycles. The van der Waals surface area contributed by atoms with Crippen molar-refractivity contribution in [2.45, 2.75) is 6.54 Å². The number of aliphatic imine (C=N–C) groups is 1. The van der Waals surface area contributed by atoms with Crippen molar-refractivity contribution in [3.05, 3.63) is 65.7 Å².